The fourth-order valence-corrected chi connectivity index (χ4v) is 3.90. The van der Waals surface area contributed by atoms with Gasteiger partial charge in [-0.1, -0.05) is 60.7 Å². The highest BCUT2D eigenvalue weighted by Crippen LogP contribution is 2.40. The number of fused-ring (bicyclic) bond motifs is 1. The lowest BCUT2D eigenvalue weighted by Gasteiger charge is -2.13. The molecule has 0 bridgehead atoms. The molecular weight excluding hydrogens is 359 g/mol. The molecule has 3 heteroatoms. The van der Waals surface area contributed by atoms with Crippen molar-refractivity contribution in [2.45, 2.75) is 6.54 Å². The molecule has 0 radical (unpaired) electrons. The summed E-state index contributed by atoms with van der Waals surface area (Å²) in [5.74, 6) is -0.237. The van der Waals surface area contributed by atoms with E-state index in [-0.39, 0.29) is 5.82 Å². The Morgan fingerprint density at radius 3 is 2.10 bits per heavy atom. The summed E-state index contributed by atoms with van der Waals surface area (Å²) in [6.07, 6.45) is 1.83. The minimum atomic E-state index is -0.237. The maximum Gasteiger partial charge on any atom is 0.141 e. The van der Waals surface area contributed by atoms with Crippen LogP contribution in [-0.4, -0.2) is 9.55 Å². The number of rotatable bonds is 4. The fourth-order valence-electron chi connectivity index (χ4n) is 3.90. The second-order valence-corrected chi connectivity index (χ2v) is 7.04. The molecule has 0 atom stereocenters. The van der Waals surface area contributed by atoms with E-state index in [1.54, 1.807) is 0 Å². The number of pyridine rings is 1. The van der Waals surface area contributed by atoms with Crippen LogP contribution in [0.3, 0.4) is 0 Å². The van der Waals surface area contributed by atoms with Crippen LogP contribution in [-0.2, 0) is 6.54 Å². The number of hydrogen-bond acceptors (Lipinski definition) is 1. The molecule has 3 aromatic carbocycles. The van der Waals surface area contributed by atoms with Gasteiger partial charge >= 0.3 is 0 Å². The van der Waals surface area contributed by atoms with Gasteiger partial charge in [0.1, 0.15) is 11.5 Å². The second kappa shape index (κ2) is 7.36. The predicted octanol–water partition coefficient (Wildman–Crippen LogP) is 6.56. The van der Waals surface area contributed by atoms with Gasteiger partial charge in [-0.2, -0.15) is 0 Å². The summed E-state index contributed by atoms with van der Waals surface area (Å²) in [6.45, 7) is 0.688. The first kappa shape index (κ1) is 17.4. The zero-order chi connectivity index (χ0) is 19.6. The molecule has 0 aliphatic carbocycles. The lowest BCUT2D eigenvalue weighted by Crippen LogP contribution is -2.03. The Balaban J connectivity index is 1.84. The second-order valence-electron chi connectivity index (χ2n) is 7.04. The fraction of sp³-hybridized carbons (Fsp3) is 0.0385. The molecule has 0 aliphatic rings. The summed E-state index contributed by atoms with van der Waals surface area (Å²) in [5.41, 5.74) is 6.38. The minimum absolute atomic E-state index is 0.237. The van der Waals surface area contributed by atoms with Crippen molar-refractivity contribution in [1.82, 2.24) is 9.55 Å². The van der Waals surface area contributed by atoms with Gasteiger partial charge in [0.2, 0.25) is 0 Å². The Morgan fingerprint density at radius 2 is 1.38 bits per heavy atom. The first-order chi connectivity index (χ1) is 14.3. The van der Waals surface area contributed by atoms with E-state index in [1.165, 1.54) is 17.7 Å². The van der Waals surface area contributed by atoms with Crippen LogP contribution >= 0.6 is 0 Å². The van der Waals surface area contributed by atoms with Crippen LogP contribution in [0.15, 0.2) is 103 Å². The van der Waals surface area contributed by atoms with Gasteiger partial charge in [0.05, 0.1) is 5.69 Å². The molecule has 0 unspecified atom stereocenters. The van der Waals surface area contributed by atoms with Crippen LogP contribution in [0.5, 0.6) is 0 Å². The summed E-state index contributed by atoms with van der Waals surface area (Å²) >= 11 is 0. The van der Waals surface area contributed by atoms with Crippen LogP contribution in [0, 0.1) is 5.82 Å². The molecule has 0 fully saturated rings. The Kier molecular flexibility index (Phi) is 4.41. The van der Waals surface area contributed by atoms with Crippen molar-refractivity contribution in [2.24, 2.45) is 0 Å². The average molecular weight is 378 g/mol. The molecule has 0 spiro atoms. The van der Waals surface area contributed by atoms with Gasteiger partial charge in [0.25, 0.3) is 0 Å². The van der Waals surface area contributed by atoms with E-state index in [4.69, 9.17) is 4.98 Å². The molecule has 29 heavy (non-hydrogen) atoms. The van der Waals surface area contributed by atoms with E-state index in [1.807, 2.05) is 60.8 Å². The van der Waals surface area contributed by atoms with Gasteiger partial charge in [-0.05, 0) is 53.1 Å². The highest BCUT2D eigenvalue weighted by atomic mass is 19.1. The standard InChI is InChI=1S/C26H19FN2/c27-22-15-13-21(14-16-22)25-24(20-10-5-2-6-11-20)23-12-7-17-28-26(23)29(25)18-19-8-3-1-4-9-19/h1-17H,18H2. The van der Waals surface area contributed by atoms with Crippen molar-refractivity contribution in [2.75, 3.05) is 0 Å². The molecule has 5 rings (SSSR count). The third-order valence-electron chi connectivity index (χ3n) is 5.18. The number of halogens is 1. The van der Waals surface area contributed by atoms with Gasteiger partial charge in [-0.25, -0.2) is 9.37 Å². The number of aromatic nitrogens is 2. The Bertz CT molecular complexity index is 1260. The van der Waals surface area contributed by atoms with Crippen molar-refractivity contribution >= 4 is 11.0 Å². The summed E-state index contributed by atoms with van der Waals surface area (Å²) in [6, 6.07) is 31.5. The average Bonchev–Trinajstić information content (AvgIpc) is 3.10. The number of hydrogen-bond donors (Lipinski definition) is 0. The van der Waals surface area contributed by atoms with E-state index in [0.29, 0.717) is 6.54 Å². The van der Waals surface area contributed by atoms with Crippen molar-refractivity contribution in [1.29, 1.82) is 0 Å². The summed E-state index contributed by atoms with van der Waals surface area (Å²) in [7, 11) is 0. The van der Waals surface area contributed by atoms with Gasteiger partial charge in [-0.15, -0.1) is 0 Å². The van der Waals surface area contributed by atoms with Crippen molar-refractivity contribution in [3.8, 4) is 22.4 Å². The first-order valence-electron chi connectivity index (χ1n) is 9.64. The van der Waals surface area contributed by atoms with E-state index in [9.17, 15) is 4.39 Å². The zero-order valence-corrected chi connectivity index (χ0v) is 15.8. The van der Waals surface area contributed by atoms with Gasteiger partial charge in [0, 0.05) is 23.7 Å². The smallest absolute Gasteiger partial charge is 0.141 e. The van der Waals surface area contributed by atoms with E-state index in [0.717, 1.165) is 33.4 Å². The Morgan fingerprint density at radius 1 is 0.690 bits per heavy atom. The van der Waals surface area contributed by atoms with Crippen molar-refractivity contribution in [3.05, 3.63) is 115 Å². The van der Waals surface area contributed by atoms with Crippen molar-refractivity contribution in [3.63, 3.8) is 0 Å². The largest absolute Gasteiger partial charge is 0.320 e. The molecule has 2 nitrogen and oxygen atoms in total. The summed E-state index contributed by atoms with van der Waals surface area (Å²) in [4.78, 5) is 4.72. The van der Waals surface area contributed by atoms with E-state index in [2.05, 4.69) is 34.9 Å². The number of benzene rings is 3. The van der Waals surface area contributed by atoms with Gasteiger partial charge in [0.15, 0.2) is 0 Å². The maximum absolute atomic E-state index is 13.7. The van der Waals surface area contributed by atoms with Crippen LogP contribution in [0.1, 0.15) is 5.56 Å². The normalized spacial score (nSPS) is 11.1. The van der Waals surface area contributed by atoms with Crippen LogP contribution in [0.4, 0.5) is 4.39 Å². The van der Waals surface area contributed by atoms with Gasteiger partial charge in [-0.3, -0.25) is 0 Å². The lowest BCUT2D eigenvalue weighted by molar-refractivity contribution is 0.628. The van der Waals surface area contributed by atoms with Gasteiger partial charge < -0.3 is 4.57 Å². The molecule has 2 heterocycles. The highest BCUT2D eigenvalue weighted by Gasteiger charge is 2.20. The first-order valence-corrected chi connectivity index (χ1v) is 9.64. The van der Waals surface area contributed by atoms with Crippen LogP contribution < -0.4 is 0 Å². The predicted molar refractivity (Wildman–Crippen MR) is 116 cm³/mol. The zero-order valence-electron chi connectivity index (χ0n) is 15.8. The van der Waals surface area contributed by atoms with E-state index < -0.39 is 0 Å². The monoisotopic (exact) mass is 378 g/mol. The molecule has 0 aliphatic heterocycles. The molecule has 140 valence electrons. The third kappa shape index (κ3) is 3.21. The van der Waals surface area contributed by atoms with Crippen molar-refractivity contribution < 1.29 is 4.39 Å². The number of nitrogens with zero attached hydrogens (tertiary/aromatic N) is 2. The van der Waals surface area contributed by atoms with Crippen LogP contribution in [0.2, 0.25) is 0 Å². The molecule has 0 N–H and O–H groups in total. The SMILES string of the molecule is Fc1ccc(-c2c(-c3ccccc3)c3cccnc3n2Cc2ccccc2)cc1. The Labute approximate surface area is 168 Å². The minimum Gasteiger partial charge on any atom is -0.320 e. The highest BCUT2D eigenvalue weighted by molar-refractivity contribution is 6.03. The topological polar surface area (TPSA) is 17.8 Å². The van der Waals surface area contributed by atoms with Crippen LogP contribution in [0.25, 0.3) is 33.4 Å². The van der Waals surface area contributed by atoms with E-state index >= 15 is 0 Å². The molecule has 0 saturated carbocycles. The molecular formula is C26H19FN2. The molecule has 0 saturated heterocycles. The molecule has 2 aromatic heterocycles. The Hall–Kier alpha value is -3.72. The molecule has 5 aromatic rings. The maximum atomic E-state index is 13.7. The lowest BCUT2D eigenvalue weighted by atomic mass is 9.99. The third-order valence-corrected chi connectivity index (χ3v) is 5.18. The molecule has 0 amide bonds. The summed E-state index contributed by atoms with van der Waals surface area (Å²) in [5, 5.41) is 1.09. The summed E-state index contributed by atoms with van der Waals surface area (Å²) < 4.78 is 15.9. The quantitative estimate of drug-likeness (QED) is 0.346.